The van der Waals surface area contributed by atoms with Crippen molar-refractivity contribution < 1.29 is 5.11 Å². The van der Waals surface area contributed by atoms with Gasteiger partial charge in [-0.25, -0.2) is 4.98 Å². The van der Waals surface area contributed by atoms with Crippen LogP contribution in [0.5, 0.6) is 0 Å². The van der Waals surface area contributed by atoms with Crippen LogP contribution in [0.25, 0.3) is 0 Å². The highest BCUT2D eigenvalue weighted by Crippen LogP contribution is 2.22. The largest absolute Gasteiger partial charge is 0.392 e. The van der Waals surface area contributed by atoms with Crippen molar-refractivity contribution in [2.45, 2.75) is 44.8 Å². The predicted molar refractivity (Wildman–Crippen MR) is 60.7 cm³/mol. The summed E-state index contributed by atoms with van der Waals surface area (Å²) in [5.41, 5.74) is 0.892. The summed E-state index contributed by atoms with van der Waals surface area (Å²) in [6, 6.07) is 4.31. The molecule has 0 saturated heterocycles. The Labute approximate surface area is 90.5 Å². The highest BCUT2D eigenvalue weighted by molar-refractivity contribution is 5.44. The van der Waals surface area contributed by atoms with E-state index in [1.165, 1.54) is 32.1 Å². The SMILES string of the molecule is OCc1cccnc1NC1CCCCC1. The van der Waals surface area contributed by atoms with Gasteiger partial charge in [-0.1, -0.05) is 25.3 Å². The zero-order chi connectivity index (χ0) is 10.5. The van der Waals surface area contributed by atoms with Gasteiger partial charge in [-0.05, 0) is 18.9 Å². The molecule has 0 amide bonds. The molecule has 1 heterocycles. The molecule has 15 heavy (non-hydrogen) atoms. The molecule has 1 aromatic rings. The molecule has 0 aromatic carbocycles. The fourth-order valence-electron chi connectivity index (χ4n) is 2.14. The summed E-state index contributed by atoms with van der Waals surface area (Å²) in [5, 5.41) is 12.6. The standard InChI is InChI=1S/C12H18N2O/c15-9-10-5-4-8-13-12(10)14-11-6-2-1-3-7-11/h4-5,8,11,15H,1-3,6-7,9H2,(H,13,14). The van der Waals surface area contributed by atoms with E-state index in [0.29, 0.717) is 6.04 Å². The number of hydrogen-bond acceptors (Lipinski definition) is 3. The molecule has 0 aliphatic heterocycles. The fraction of sp³-hybridized carbons (Fsp3) is 0.583. The Bertz CT molecular complexity index is 308. The smallest absolute Gasteiger partial charge is 0.131 e. The van der Waals surface area contributed by atoms with Crippen molar-refractivity contribution in [3.8, 4) is 0 Å². The van der Waals surface area contributed by atoms with Crippen LogP contribution in [-0.2, 0) is 6.61 Å². The molecular weight excluding hydrogens is 188 g/mol. The average molecular weight is 206 g/mol. The summed E-state index contributed by atoms with van der Waals surface area (Å²) >= 11 is 0. The van der Waals surface area contributed by atoms with Crippen molar-refractivity contribution in [2.24, 2.45) is 0 Å². The number of anilines is 1. The van der Waals surface area contributed by atoms with E-state index in [4.69, 9.17) is 5.11 Å². The molecule has 82 valence electrons. The topological polar surface area (TPSA) is 45.2 Å². The Balaban J connectivity index is 2.02. The van der Waals surface area contributed by atoms with Gasteiger partial charge in [0.15, 0.2) is 0 Å². The zero-order valence-electron chi connectivity index (χ0n) is 8.95. The molecule has 0 unspecified atom stereocenters. The van der Waals surface area contributed by atoms with E-state index in [0.717, 1.165) is 11.4 Å². The minimum absolute atomic E-state index is 0.0584. The first-order valence-electron chi connectivity index (χ1n) is 5.71. The van der Waals surface area contributed by atoms with Crippen molar-refractivity contribution in [3.05, 3.63) is 23.9 Å². The molecule has 1 aromatic heterocycles. The average Bonchev–Trinajstić information content (AvgIpc) is 2.31. The lowest BCUT2D eigenvalue weighted by atomic mass is 9.95. The van der Waals surface area contributed by atoms with Gasteiger partial charge in [0.05, 0.1) is 6.61 Å². The normalized spacial score (nSPS) is 17.7. The lowest BCUT2D eigenvalue weighted by Gasteiger charge is -2.24. The van der Waals surface area contributed by atoms with Gasteiger partial charge in [0.25, 0.3) is 0 Å². The van der Waals surface area contributed by atoms with Crippen LogP contribution in [0, 0.1) is 0 Å². The van der Waals surface area contributed by atoms with Crippen LogP contribution in [-0.4, -0.2) is 16.1 Å². The fourth-order valence-corrected chi connectivity index (χ4v) is 2.14. The van der Waals surface area contributed by atoms with Crippen molar-refractivity contribution in [1.82, 2.24) is 4.98 Å². The van der Waals surface area contributed by atoms with Crippen molar-refractivity contribution >= 4 is 5.82 Å². The van der Waals surface area contributed by atoms with Gasteiger partial charge in [-0.15, -0.1) is 0 Å². The highest BCUT2D eigenvalue weighted by atomic mass is 16.3. The number of nitrogens with one attached hydrogen (secondary N) is 1. The molecule has 1 aliphatic rings. The van der Waals surface area contributed by atoms with Crippen molar-refractivity contribution in [3.63, 3.8) is 0 Å². The van der Waals surface area contributed by atoms with Crippen LogP contribution in [0.15, 0.2) is 18.3 Å². The summed E-state index contributed by atoms with van der Waals surface area (Å²) in [6.45, 7) is 0.0584. The number of aliphatic hydroxyl groups is 1. The third kappa shape index (κ3) is 2.69. The van der Waals surface area contributed by atoms with E-state index in [2.05, 4.69) is 10.3 Å². The van der Waals surface area contributed by atoms with Crippen molar-refractivity contribution in [1.29, 1.82) is 0 Å². The molecule has 2 rings (SSSR count). The molecule has 2 N–H and O–H groups in total. The third-order valence-corrected chi connectivity index (χ3v) is 3.01. The molecule has 1 aliphatic carbocycles. The molecule has 3 nitrogen and oxygen atoms in total. The van der Waals surface area contributed by atoms with Crippen LogP contribution in [0.3, 0.4) is 0 Å². The van der Waals surface area contributed by atoms with Gasteiger partial charge in [-0.2, -0.15) is 0 Å². The summed E-state index contributed by atoms with van der Waals surface area (Å²) in [5.74, 6) is 0.854. The van der Waals surface area contributed by atoms with Crippen LogP contribution in [0.4, 0.5) is 5.82 Å². The number of nitrogens with zero attached hydrogens (tertiary/aromatic N) is 1. The number of rotatable bonds is 3. The number of pyridine rings is 1. The Hall–Kier alpha value is -1.09. The minimum Gasteiger partial charge on any atom is -0.392 e. The van der Waals surface area contributed by atoms with Crippen LogP contribution >= 0.6 is 0 Å². The van der Waals surface area contributed by atoms with E-state index in [9.17, 15) is 0 Å². The third-order valence-electron chi connectivity index (χ3n) is 3.01. The van der Waals surface area contributed by atoms with E-state index in [1.807, 2.05) is 12.1 Å². The van der Waals surface area contributed by atoms with Gasteiger partial charge in [0, 0.05) is 17.8 Å². The second-order valence-corrected chi connectivity index (χ2v) is 4.15. The lowest BCUT2D eigenvalue weighted by Crippen LogP contribution is -2.23. The summed E-state index contributed by atoms with van der Waals surface area (Å²) in [7, 11) is 0. The first-order valence-corrected chi connectivity index (χ1v) is 5.71. The Morgan fingerprint density at radius 1 is 1.33 bits per heavy atom. The first-order chi connectivity index (χ1) is 7.40. The van der Waals surface area contributed by atoms with E-state index in [-0.39, 0.29) is 6.61 Å². The quantitative estimate of drug-likeness (QED) is 0.797. The molecule has 0 radical (unpaired) electrons. The maximum absolute atomic E-state index is 9.17. The van der Waals surface area contributed by atoms with Gasteiger partial charge < -0.3 is 10.4 Å². The number of aliphatic hydroxyl groups excluding tert-OH is 1. The van der Waals surface area contributed by atoms with E-state index in [1.54, 1.807) is 6.20 Å². The summed E-state index contributed by atoms with van der Waals surface area (Å²) in [6.07, 6.45) is 8.18. The molecule has 1 fully saturated rings. The molecule has 0 atom stereocenters. The van der Waals surface area contributed by atoms with Crippen LogP contribution in [0.2, 0.25) is 0 Å². The molecule has 0 spiro atoms. The maximum atomic E-state index is 9.17. The Morgan fingerprint density at radius 3 is 2.87 bits per heavy atom. The molecular formula is C12H18N2O. The molecule has 3 heteroatoms. The monoisotopic (exact) mass is 206 g/mol. The molecule has 0 bridgehead atoms. The lowest BCUT2D eigenvalue weighted by molar-refractivity contribution is 0.282. The highest BCUT2D eigenvalue weighted by Gasteiger charge is 2.14. The second-order valence-electron chi connectivity index (χ2n) is 4.15. The van der Waals surface area contributed by atoms with Gasteiger partial charge in [0.2, 0.25) is 0 Å². The van der Waals surface area contributed by atoms with Gasteiger partial charge in [0.1, 0.15) is 5.82 Å². The Kier molecular flexibility index (Phi) is 3.56. The number of hydrogen-bond donors (Lipinski definition) is 2. The predicted octanol–water partition coefficient (Wildman–Crippen LogP) is 2.32. The summed E-state index contributed by atoms with van der Waals surface area (Å²) < 4.78 is 0. The Morgan fingerprint density at radius 2 is 2.13 bits per heavy atom. The zero-order valence-corrected chi connectivity index (χ0v) is 8.95. The van der Waals surface area contributed by atoms with Crippen molar-refractivity contribution in [2.75, 3.05) is 5.32 Å². The van der Waals surface area contributed by atoms with Crippen LogP contribution < -0.4 is 5.32 Å². The van der Waals surface area contributed by atoms with Gasteiger partial charge >= 0.3 is 0 Å². The minimum atomic E-state index is 0.0584. The van der Waals surface area contributed by atoms with E-state index >= 15 is 0 Å². The number of aromatic nitrogens is 1. The second kappa shape index (κ2) is 5.12. The molecule has 1 saturated carbocycles. The van der Waals surface area contributed by atoms with E-state index < -0.39 is 0 Å². The summed E-state index contributed by atoms with van der Waals surface area (Å²) in [4.78, 5) is 4.27. The van der Waals surface area contributed by atoms with Gasteiger partial charge in [-0.3, -0.25) is 0 Å². The van der Waals surface area contributed by atoms with Crippen LogP contribution in [0.1, 0.15) is 37.7 Å². The maximum Gasteiger partial charge on any atom is 0.131 e. The first kappa shape index (κ1) is 10.4.